The number of nitrogens with zero attached hydrogens (tertiary/aromatic N) is 2. The molecule has 1 amide bonds. The molecule has 1 heterocycles. The maximum Gasteiger partial charge on any atom is 0.311 e. The zero-order valence-corrected chi connectivity index (χ0v) is 10.5. The topological polar surface area (TPSA) is 98.7 Å². The molecule has 0 radical (unpaired) electrons. The fraction of sp³-hybridized carbons (Fsp3) is 0.417. The van der Waals surface area contributed by atoms with Crippen LogP contribution < -0.4 is 10.5 Å². The Morgan fingerprint density at radius 3 is 2.84 bits per heavy atom. The number of likely N-dealkylation sites (tertiary alicyclic amines) is 1. The highest BCUT2D eigenvalue weighted by Gasteiger charge is 2.32. The number of ether oxygens (including phenoxy) is 1. The maximum atomic E-state index is 11.7. The van der Waals surface area contributed by atoms with Gasteiger partial charge in [0.05, 0.1) is 4.92 Å². The van der Waals surface area contributed by atoms with Crippen molar-refractivity contribution in [1.82, 2.24) is 4.90 Å². The number of carbonyl (C=O) groups is 1. The predicted molar refractivity (Wildman–Crippen MR) is 67.7 cm³/mol. The van der Waals surface area contributed by atoms with Crippen molar-refractivity contribution < 1.29 is 14.5 Å². The van der Waals surface area contributed by atoms with Crippen LogP contribution in [0.25, 0.3) is 0 Å². The van der Waals surface area contributed by atoms with Gasteiger partial charge in [-0.05, 0) is 11.6 Å². The fourth-order valence-electron chi connectivity index (χ4n) is 1.99. The third kappa shape index (κ3) is 2.65. The molecule has 1 aromatic rings. The standard InChI is InChI=1S/C12H15N3O4/c1-14-5-4-11(12(14)16)19-10-3-2-8(7-13)6-9(10)15(17)18/h2-3,6,11H,4-5,7,13H2,1H3. The second-order valence-corrected chi connectivity index (χ2v) is 4.42. The van der Waals surface area contributed by atoms with Crippen molar-refractivity contribution in [3.63, 3.8) is 0 Å². The van der Waals surface area contributed by atoms with Gasteiger partial charge in [-0.25, -0.2) is 0 Å². The van der Waals surface area contributed by atoms with Crippen LogP contribution in [0, 0.1) is 10.1 Å². The van der Waals surface area contributed by atoms with Gasteiger partial charge in [-0.3, -0.25) is 14.9 Å². The number of hydrogen-bond acceptors (Lipinski definition) is 5. The Morgan fingerprint density at radius 2 is 2.32 bits per heavy atom. The molecule has 1 aliphatic rings. The van der Waals surface area contributed by atoms with Crippen LogP contribution in [0.3, 0.4) is 0 Å². The van der Waals surface area contributed by atoms with E-state index in [4.69, 9.17) is 10.5 Å². The molecular weight excluding hydrogens is 250 g/mol. The van der Waals surface area contributed by atoms with Crippen molar-refractivity contribution in [3.8, 4) is 5.75 Å². The number of rotatable bonds is 4. The molecular formula is C12H15N3O4. The van der Waals surface area contributed by atoms with Crippen LogP contribution in [-0.4, -0.2) is 35.4 Å². The number of likely N-dealkylation sites (N-methyl/N-ethyl adjacent to an activating group) is 1. The van der Waals surface area contributed by atoms with E-state index < -0.39 is 11.0 Å². The average molecular weight is 265 g/mol. The van der Waals surface area contributed by atoms with Gasteiger partial charge in [0.25, 0.3) is 5.91 Å². The summed E-state index contributed by atoms with van der Waals surface area (Å²) < 4.78 is 5.48. The van der Waals surface area contributed by atoms with E-state index in [1.54, 1.807) is 18.0 Å². The number of amides is 1. The third-order valence-corrected chi connectivity index (χ3v) is 3.10. The fourth-order valence-corrected chi connectivity index (χ4v) is 1.99. The Hall–Kier alpha value is -2.15. The lowest BCUT2D eigenvalue weighted by Crippen LogP contribution is -2.29. The summed E-state index contributed by atoms with van der Waals surface area (Å²) >= 11 is 0. The highest BCUT2D eigenvalue weighted by atomic mass is 16.6. The van der Waals surface area contributed by atoms with Gasteiger partial charge in [0.1, 0.15) is 0 Å². The monoisotopic (exact) mass is 265 g/mol. The highest BCUT2D eigenvalue weighted by molar-refractivity contribution is 5.83. The number of nitrogens with two attached hydrogens (primary N) is 1. The van der Waals surface area contributed by atoms with E-state index in [9.17, 15) is 14.9 Å². The molecule has 1 aliphatic heterocycles. The van der Waals surface area contributed by atoms with Crippen LogP contribution in [0.2, 0.25) is 0 Å². The second kappa shape index (κ2) is 5.23. The number of hydrogen-bond donors (Lipinski definition) is 1. The molecule has 1 saturated heterocycles. The molecule has 0 aromatic heterocycles. The summed E-state index contributed by atoms with van der Waals surface area (Å²) in [5.41, 5.74) is 5.93. The summed E-state index contributed by atoms with van der Waals surface area (Å²) in [6.45, 7) is 0.810. The molecule has 0 saturated carbocycles. The average Bonchev–Trinajstić information content (AvgIpc) is 2.71. The minimum Gasteiger partial charge on any atom is -0.473 e. The molecule has 1 fully saturated rings. The number of benzene rings is 1. The molecule has 19 heavy (non-hydrogen) atoms. The van der Waals surface area contributed by atoms with Gasteiger partial charge >= 0.3 is 5.69 Å². The van der Waals surface area contributed by atoms with Crippen LogP contribution in [-0.2, 0) is 11.3 Å². The number of carbonyl (C=O) groups excluding carboxylic acids is 1. The summed E-state index contributed by atoms with van der Waals surface area (Å²) in [6.07, 6.45) is -0.113. The normalized spacial score (nSPS) is 18.7. The molecule has 1 aromatic carbocycles. The quantitative estimate of drug-likeness (QED) is 0.637. The second-order valence-electron chi connectivity index (χ2n) is 4.42. The van der Waals surface area contributed by atoms with E-state index >= 15 is 0 Å². The van der Waals surface area contributed by atoms with E-state index in [0.717, 1.165) is 0 Å². The molecule has 0 bridgehead atoms. The van der Waals surface area contributed by atoms with Crippen LogP contribution >= 0.6 is 0 Å². The first kappa shape index (κ1) is 13.3. The summed E-state index contributed by atoms with van der Waals surface area (Å²) in [6, 6.07) is 4.52. The zero-order valence-electron chi connectivity index (χ0n) is 10.5. The molecule has 2 N–H and O–H groups in total. The first-order valence-corrected chi connectivity index (χ1v) is 5.92. The Bertz CT molecular complexity index is 518. The summed E-state index contributed by atoms with van der Waals surface area (Å²) in [5.74, 6) is -0.0481. The van der Waals surface area contributed by atoms with E-state index in [-0.39, 0.29) is 23.9 Å². The summed E-state index contributed by atoms with van der Waals surface area (Å²) in [4.78, 5) is 23.7. The van der Waals surface area contributed by atoms with Gasteiger partial charge in [0.15, 0.2) is 11.9 Å². The molecule has 102 valence electrons. The molecule has 0 aliphatic carbocycles. The Labute approximate surface area is 110 Å². The van der Waals surface area contributed by atoms with Crippen molar-refractivity contribution in [2.45, 2.75) is 19.1 Å². The first-order chi connectivity index (χ1) is 9.02. The SMILES string of the molecule is CN1CCC(Oc2ccc(CN)cc2[N+](=O)[O-])C1=O. The van der Waals surface area contributed by atoms with Crippen molar-refractivity contribution in [3.05, 3.63) is 33.9 Å². The van der Waals surface area contributed by atoms with Crippen LogP contribution in [0.5, 0.6) is 5.75 Å². The Kier molecular flexibility index (Phi) is 3.66. The van der Waals surface area contributed by atoms with Gasteiger partial charge < -0.3 is 15.4 Å². The van der Waals surface area contributed by atoms with Gasteiger partial charge in [-0.1, -0.05) is 6.07 Å². The highest BCUT2D eigenvalue weighted by Crippen LogP contribution is 2.30. The van der Waals surface area contributed by atoms with Crippen LogP contribution in [0.4, 0.5) is 5.69 Å². The molecule has 1 atom stereocenters. The molecule has 2 rings (SSSR count). The Balaban J connectivity index is 2.25. The maximum absolute atomic E-state index is 11.7. The molecule has 1 unspecified atom stereocenters. The molecule has 7 heteroatoms. The Morgan fingerprint density at radius 1 is 1.58 bits per heavy atom. The molecule has 7 nitrogen and oxygen atoms in total. The van der Waals surface area contributed by atoms with Gasteiger partial charge in [-0.2, -0.15) is 0 Å². The van der Waals surface area contributed by atoms with Crippen LogP contribution in [0.15, 0.2) is 18.2 Å². The van der Waals surface area contributed by atoms with E-state index in [1.807, 2.05) is 0 Å². The summed E-state index contributed by atoms with van der Waals surface area (Å²) in [5, 5.41) is 11.0. The lowest BCUT2D eigenvalue weighted by atomic mass is 10.2. The largest absolute Gasteiger partial charge is 0.473 e. The van der Waals surface area contributed by atoms with Crippen molar-refractivity contribution >= 4 is 11.6 Å². The van der Waals surface area contributed by atoms with E-state index in [0.29, 0.717) is 18.5 Å². The van der Waals surface area contributed by atoms with E-state index in [1.165, 1.54) is 12.1 Å². The lowest BCUT2D eigenvalue weighted by Gasteiger charge is -2.13. The third-order valence-electron chi connectivity index (χ3n) is 3.10. The number of nitro groups is 1. The van der Waals surface area contributed by atoms with Crippen molar-refractivity contribution in [2.75, 3.05) is 13.6 Å². The smallest absolute Gasteiger partial charge is 0.311 e. The lowest BCUT2D eigenvalue weighted by molar-refractivity contribution is -0.386. The van der Waals surface area contributed by atoms with Crippen molar-refractivity contribution in [2.24, 2.45) is 5.73 Å². The number of nitro benzene ring substituents is 1. The van der Waals surface area contributed by atoms with Gasteiger partial charge in [0.2, 0.25) is 0 Å². The minimum absolute atomic E-state index is 0.107. The summed E-state index contributed by atoms with van der Waals surface area (Å²) in [7, 11) is 1.68. The van der Waals surface area contributed by atoms with Gasteiger partial charge in [0, 0.05) is 32.6 Å². The molecule has 0 spiro atoms. The minimum atomic E-state index is -0.646. The first-order valence-electron chi connectivity index (χ1n) is 5.92. The predicted octanol–water partition coefficient (Wildman–Crippen LogP) is 0.663. The zero-order chi connectivity index (χ0) is 14.0. The van der Waals surface area contributed by atoms with Gasteiger partial charge in [-0.15, -0.1) is 0 Å². The van der Waals surface area contributed by atoms with Crippen molar-refractivity contribution in [1.29, 1.82) is 0 Å². The van der Waals surface area contributed by atoms with E-state index in [2.05, 4.69) is 0 Å². The van der Waals surface area contributed by atoms with Crippen LogP contribution in [0.1, 0.15) is 12.0 Å².